The summed E-state index contributed by atoms with van der Waals surface area (Å²) in [4.78, 5) is 10.7. The van der Waals surface area contributed by atoms with Crippen LogP contribution in [-0.4, -0.2) is 18.6 Å². The van der Waals surface area contributed by atoms with Crippen LogP contribution in [0.15, 0.2) is 0 Å². The van der Waals surface area contributed by atoms with Crippen molar-refractivity contribution in [2.24, 2.45) is 5.84 Å². The number of nitrogens with two attached hydrogens (primary N) is 1. The number of amides is 1. The normalized spacial score (nSPS) is 12.5. The minimum atomic E-state index is -0.133. The summed E-state index contributed by atoms with van der Waals surface area (Å²) in [5, 5.41) is 0. The van der Waals surface area contributed by atoms with E-state index in [4.69, 9.17) is 10.6 Å². The van der Waals surface area contributed by atoms with Crippen molar-refractivity contribution in [3.05, 3.63) is 0 Å². The van der Waals surface area contributed by atoms with Crippen molar-refractivity contribution in [3.63, 3.8) is 0 Å². The summed E-state index contributed by atoms with van der Waals surface area (Å²) < 4.78 is 5.46. The van der Waals surface area contributed by atoms with E-state index in [0.29, 0.717) is 19.1 Å². The van der Waals surface area contributed by atoms with Crippen LogP contribution in [0.4, 0.5) is 0 Å². The Morgan fingerprint density at radius 1 is 1.62 bits per heavy atom. The zero-order valence-corrected chi connectivity index (χ0v) is 8.51. The molecule has 0 aromatic heterocycles. The SMILES string of the molecule is CCCC(C)OCCCC(=O)NN. The van der Waals surface area contributed by atoms with Gasteiger partial charge >= 0.3 is 0 Å². The number of hydrogen-bond donors (Lipinski definition) is 2. The molecule has 13 heavy (non-hydrogen) atoms. The lowest BCUT2D eigenvalue weighted by Gasteiger charge is -2.10. The molecular weight excluding hydrogens is 168 g/mol. The lowest BCUT2D eigenvalue weighted by Crippen LogP contribution is -2.30. The first kappa shape index (κ1) is 12.4. The van der Waals surface area contributed by atoms with E-state index < -0.39 is 0 Å². The fourth-order valence-corrected chi connectivity index (χ4v) is 1.08. The second-order valence-corrected chi connectivity index (χ2v) is 3.14. The van der Waals surface area contributed by atoms with Gasteiger partial charge in [-0.2, -0.15) is 0 Å². The third-order valence-corrected chi connectivity index (χ3v) is 1.81. The Hall–Kier alpha value is -0.610. The molecule has 0 rings (SSSR count). The average Bonchev–Trinajstić information content (AvgIpc) is 2.12. The molecule has 0 fully saturated rings. The van der Waals surface area contributed by atoms with Crippen LogP contribution in [0.25, 0.3) is 0 Å². The lowest BCUT2D eigenvalue weighted by molar-refractivity contribution is -0.121. The van der Waals surface area contributed by atoms with Crippen molar-refractivity contribution in [2.75, 3.05) is 6.61 Å². The Bertz CT molecular complexity index is 140. The number of hydrazine groups is 1. The van der Waals surface area contributed by atoms with Crippen molar-refractivity contribution in [1.82, 2.24) is 5.43 Å². The summed E-state index contributed by atoms with van der Waals surface area (Å²) in [6, 6.07) is 0. The molecule has 1 unspecified atom stereocenters. The van der Waals surface area contributed by atoms with Gasteiger partial charge in [-0.25, -0.2) is 5.84 Å². The summed E-state index contributed by atoms with van der Waals surface area (Å²) in [5.41, 5.74) is 2.08. The van der Waals surface area contributed by atoms with Crippen LogP contribution >= 0.6 is 0 Å². The molecule has 0 saturated carbocycles. The molecule has 78 valence electrons. The summed E-state index contributed by atoms with van der Waals surface area (Å²) in [5.74, 6) is 4.79. The molecule has 0 aliphatic rings. The summed E-state index contributed by atoms with van der Waals surface area (Å²) in [6.07, 6.45) is 3.67. The number of hydrogen-bond acceptors (Lipinski definition) is 3. The van der Waals surface area contributed by atoms with E-state index in [1.165, 1.54) is 0 Å². The van der Waals surface area contributed by atoms with Crippen molar-refractivity contribution < 1.29 is 9.53 Å². The van der Waals surface area contributed by atoms with Gasteiger partial charge in [0.25, 0.3) is 0 Å². The molecule has 4 nitrogen and oxygen atoms in total. The van der Waals surface area contributed by atoms with Gasteiger partial charge in [0.1, 0.15) is 0 Å². The number of carbonyl (C=O) groups is 1. The molecule has 0 radical (unpaired) electrons. The molecule has 0 spiro atoms. The standard InChI is InChI=1S/C9H20N2O2/c1-3-5-8(2)13-7-4-6-9(12)11-10/h8H,3-7,10H2,1-2H3,(H,11,12). The highest BCUT2D eigenvalue weighted by molar-refractivity contribution is 5.75. The molecular formula is C9H20N2O2. The first-order chi connectivity index (χ1) is 6.20. The topological polar surface area (TPSA) is 64.3 Å². The lowest BCUT2D eigenvalue weighted by atomic mass is 10.2. The van der Waals surface area contributed by atoms with Gasteiger partial charge in [0.05, 0.1) is 6.10 Å². The minimum Gasteiger partial charge on any atom is -0.378 e. The average molecular weight is 188 g/mol. The Morgan fingerprint density at radius 2 is 2.31 bits per heavy atom. The Labute approximate surface area is 79.8 Å². The first-order valence-corrected chi connectivity index (χ1v) is 4.81. The third-order valence-electron chi connectivity index (χ3n) is 1.81. The maximum atomic E-state index is 10.7. The zero-order valence-electron chi connectivity index (χ0n) is 8.51. The zero-order chi connectivity index (χ0) is 10.1. The predicted molar refractivity (Wildman–Crippen MR) is 51.9 cm³/mol. The molecule has 0 bridgehead atoms. The summed E-state index contributed by atoms with van der Waals surface area (Å²) >= 11 is 0. The second-order valence-electron chi connectivity index (χ2n) is 3.14. The van der Waals surface area contributed by atoms with Gasteiger partial charge in [-0.05, 0) is 19.8 Å². The molecule has 0 saturated heterocycles. The van der Waals surface area contributed by atoms with Gasteiger partial charge in [-0.15, -0.1) is 0 Å². The van der Waals surface area contributed by atoms with E-state index >= 15 is 0 Å². The van der Waals surface area contributed by atoms with Crippen LogP contribution in [0.1, 0.15) is 39.5 Å². The maximum absolute atomic E-state index is 10.7. The van der Waals surface area contributed by atoms with Gasteiger partial charge in [0.2, 0.25) is 5.91 Å². The van der Waals surface area contributed by atoms with E-state index in [2.05, 4.69) is 12.3 Å². The van der Waals surface area contributed by atoms with Crippen LogP contribution in [0.5, 0.6) is 0 Å². The van der Waals surface area contributed by atoms with E-state index in [0.717, 1.165) is 19.3 Å². The molecule has 0 heterocycles. The molecule has 0 aliphatic heterocycles. The highest BCUT2D eigenvalue weighted by Crippen LogP contribution is 2.01. The molecule has 3 N–H and O–H groups in total. The third kappa shape index (κ3) is 7.74. The Balaban J connectivity index is 3.20. The molecule has 1 atom stereocenters. The van der Waals surface area contributed by atoms with Crippen LogP contribution < -0.4 is 11.3 Å². The first-order valence-electron chi connectivity index (χ1n) is 4.81. The van der Waals surface area contributed by atoms with Crippen molar-refractivity contribution in [2.45, 2.75) is 45.6 Å². The fourth-order valence-electron chi connectivity index (χ4n) is 1.08. The molecule has 0 aromatic carbocycles. The second kappa shape index (κ2) is 8.01. The number of ether oxygens (including phenoxy) is 1. The fraction of sp³-hybridized carbons (Fsp3) is 0.889. The molecule has 4 heteroatoms. The van der Waals surface area contributed by atoms with Crippen LogP contribution in [-0.2, 0) is 9.53 Å². The summed E-state index contributed by atoms with van der Waals surface area (Å²) in [7, 11) is 0. The molecule has 0 aromatic rings. The number of rotatable bonds is 7. The van der Waals surface area contributed by atoms with Crippen LogP contribution in [0.2, 0.25) is 0 Å². The Morgan fingerprint density at radius 3 is 2.85 bits per heavy atom. The van der Waals surface area contributed by atoms with E-state index in [9.17, 15) is 4.79 Å². The maximum Gasteiger partial charge on any atom is 0.233 e. The highest BCUT2D eigenvalue weighted by Gasteiger charge is 2.01. The van der Waals surface area contributed by atoms with E-state index in [-0.39, 0.29) is 5.91 Å². The van der Waals surface area contributed by atoms with Gasteiger partial charge in [-0.3, -0.25) is 10.2 Å². The predicted octanol–water partition coefficient (Wildman–Crippen LogP) is 0.962. The van der Waals surface area contributed by atoms with E-state index in [1.807, 2.05) is 6.92 Å². The number of carbonyl (C=O) groups excluding carboxylic acids is 1. The quantitative estimate of drug-likeness (QED) is 0.271. The van der Waals surface area contributed by atoms with Gasteiger partial charge < -0.3 is 4.74 Å². The van der Waals surface area contributed by atoms with Crippen molar-refractivity contribution in [3.8, 4) is 0 Å². The van der Waals surface area contributed by atoms with Gasteiger partial charge in [-0.1, -0.05) is 13.3 Å². The van der Waals surface area contributed by atoms with Gasteiger partial charge in [0, 0.05) is 13.0 Å². The van der Waals surface area contributed by atoms with Crippen molar-refractivity contribution >= 4 is 5.91 Å². The van der Waals surface area contributed by atoms with Crippen LogP contribution in [0, 0.1) is 0 Å². The van der Waals surface area contributed by atoms with Crippen LogP contribution in [0.3, 0.4) is 0 Å². The summed E-state index contributed by atoms with van der Waals surface area (Å²) in [6.45, 7) is 4.81. The monoisotopic (exact) mass is 188 g/mol. The smallest absolute Gasteiger partial charge is 0.233 e. The molecule has 0 aliphatic carbocycles. The van der Waals surface area contributed by atoms with Gasteiger partial charge in [0.15, 0.2) is 0 Å². The number of nitrogens with one attached hydrogen (secondary N) is 1. The highest BCUT2D eigenvalue weighted by atomic mass is 16.5. The Kier molecular flexibility index (Phi) is 7.63. The minimum absolute atomic E-state index is 0.133. The molecule has 1 amide bonds. The van der Waals surface area contributed by atoms with E-state index in [1.54, 1.807) is 0 Å². The van der Waals surface area contributed by atoms with Crippen molar-refractivity contribution in [1.29, 1.82) is 0 Å². The largest absolute Gasteiger partial charge is 0.378 e.